The molecule has 2 atom stereocenters. The number of benzene rings is 5. The fourth-order valence-electron chi connectivity index (χ4n) is 21.6. The Balaban J connectivity index is 0.000000118. The Bertz CT molecular complexity index is 6950. The summed E-state index contributed by atoms with van der Waals surface area (Å²) in [6, 6.07) is 13.9. The number of aliphatic hydroxyl groups excluding tert-OH is 2. The molecule has 45 heteroatoms. The third-order valence-corrected chi connectivity index (χ3v) is 34.4. The number of urea groups is 5. The van der Waals surface area contributed by atoms with Crippen molar-refractivity contribution >= 4 is 109 Å². The first kappa shape index (κ1) is 101. The van der Waals surface area contributed by atoms with Crippen molar-refractivity contribution in [1.29, 1.82) is 0 Å². The Morgan fingerprint density at radius 3 is 0.902 bits per heavy atom. The second kappa shape index (κ2) is 41.3. The Kier molecular flexibility index (Phi) is 29.2. The van der Waals surface area contributed by atoms with E-state index in [9.17, 15) is 81.4 Å². The van der Waals surface area contributed by atoms with Gasteiger partial charge in [-0.25, -0.2) is 47.6 Å². The van der Waals surface area contributed by atoms with Gasteiger partial charge in [0.25, 0.3) is 50.1 Å². The number of rotatable bonds is 24. The third kappa shape index (κ3) is 22.8. The van der Waals surface area contributed by atoms with Crippen molar-refractivity contribution in [3.05, 3.63) is 203 Å². The lowest BCUT2D eigenvalue weighted by molar-refractivity contribution is -0.111. The lowest BCUT2D eigenvalue weighted by Crippen LogP contribution is -2.43. The second-order valence-corrected chi connectivity index (χ2v) is 48.1. The first-order valence-electron chi connectivity index (χ1n) is 49.1. The number of anilines is 5. The number of sulfonamides is 5. The Hall–Kier alpha value is -12.0. The summed E-state index contributed by atoms with van der Waals surface area (Å²) in [5, 5.41) is 61.5. The number of nitrogens with one attached hydrogen (secondary N) is 10. The van der Waals surface area contributed by atoms with Gasteiger partial charge in [-0.2, -0.15) is 67.6 Å². The zero-order valence-electron chi connectivity index (χ0n) is 80.6. The summed E-state index contributed by atoms with van der Waals surface area (Å²) < 4.78 is 154. The van der Waals surface area contributed by atoms with Gasteiger partial charge in [0.05, 0.1) is 76.5 Å². The number of carbonyl (C=O) groups excluding carboxylic acids is 5. The zero-order valence-corrected chi connectivity index (χ0v) is 84.6. The third-order valence-electron chi connectivity index (χ3n) is 28.2. The van der Waals surface area contributed by atoms with Crippen molar-refractivity contribution in [2.24, 2.45) is 5.41 Å². The molecule has 0 radical (unpaired) electrons. The quantitative estimate of drug-likeness (QED) is 0.0267. The molecule has 0 bridgehead atoms. The number of ether oxygens (including phenoxy) is 2. The van der Waals surface area contributed by atoms with E-state index in [0.717, 1.165) is 277 Å². The molecule has 5 aromatic heterocycles. The highest BCUT2D eigenvalue weighted by molar-refractivity contribution is 7.91. The van der Waals surface area contributed by atoms with E-state index in [1.807, 2.05) is 0 Å². The van der Waals surface area contributed by atoms with Crippen molar-refractivity contribution < 1.29 is 90.9 Å². The van der Waals surface area contributed by atoms with Gasteiger partial charge in [0.2, 0.25) is 0 Å². The largest absolute Gasteiger partial charge is 0.394 e. The second-order valence-electron chi connectivity index (χ2n) is 40.0. The summed E-state index contributed by atoms with van der Waals surface area (Å²) in [6.45, 7) is 11.5. The first-order valence-corrected chi connectivity index (χ1v) is 56.5. The summed E-state index contributed by atoms with van der Waals surface area (Å²) in [4.78, 5) is 62.8. The van der Waals surface area contributed by atoms with Crippen LogP contribution in [0.25, 0.3) is 0 Å². The van der Waals surface area contributed by atoms with Gasteiger partial charge in [0.15, 0.2) is 25.1 Å². The van der Waals surface area contributed by atoms with Crippen molar-refractivity contribution in [3.8, 4) is 0 Å². The lowest BCUT2D eigenvalue weighted by atomic mass is 9.89. The smallest absolute Gasteiger partial charge is 0.333 e. The molecule has 0 unspecified atom stereocenters. The van der Waals surface area contributed by atoms with E-state index in [2.05, 4.69) is 113 Å². The normalized spacial score (nSPS) is 17.3. The lowest BCUT2D eigenvalue weighted by Gasteiger charge is -2.37. The summed E-state index contributed by atoms with van der Waals surface area (Å²) in [6.07, 6.45) is 36.6. The van der Waals surface area contributed by atoms with Crippen LogP contribution in [0.3, 0.4) is 0 Å². The molecular formula is C98H122N20O20S5. The number of aliphatic hydroxyl groups is 3. The molecule has 7 heterocycles. The van der Waals surface area contributed by atoms with Crippen LogP contribution in [0.4, 0.5) is 52.4 Å². The van der Waals surface area contributed by atoms with Crippen LogP contribution in [-0.4, -0.2) is 181 Å². The summed E-state index contributed by atoms with van der Waals surface area (Å²) in [7, 11) is -20.4. The van der Waals surface area contributed by atoms with Gasteiger partial charge in [0.1, 0.15) is 0 Å². The summed E-state index contributed by atoms with van der Waals surface area (Å²) in [5.41, 5.74) is 27.0. The Morgan fingerprint density at radius 1 is 0.378 bits per heavy atom. The Labute approximate surface area is 830 Å². The van der Waals surface area contributed by atoms with Crippen LogP contribution in [-0.2, 0) is 208 Å². The molecule has 13 N–H and O–H groups in total. The highest BCUT2D eigenvalue weighted by Gasteiger charge is 2.39. The number of aryl methyl sites for hydroxylation is 10. The molecule has 22 rings (SSSR count). The molecule has 10 amide bonds. The highest BCUT2D eigenvalue weighted by Crippen LogP contribution is 2.45. The number of fused-ring (bicyclic) bond motifs is 10. The summed E-state index contributed by atoms with van der Waals surface area (Å²) >= 11 is 0. The van der Waals surface area contributed by atoms with E-state index in [4.69, 9.17) is 9.47 Å². The summed E-state index contributed by atoms with van der Waals surface area (Å²) in [5.74, 6) is 0. The van der Waals surface area contributed by atoms with Gasteiger partial charge in [0, 0.05) is 64.8 Å². The predicted octanol–water partition coefficient (Wildman–Crippen LogP) is 10.2. The predicted molar refractivity (Wildman–Crippen MR) is 529 cm³/mol. The molecule has 12 aliphatic rings. The number of hydrogen-bond donors (Lipinski definition) is 13. The number of aromatic nitrogens is 10. The van der Waals surface area contributed by atoms with Crippen LogP contribution in [0, 0.1) is 5.41 Å². The van der Waals surface area contributed by atoms with E-state index in [0.29, 0.717) is 33.0 Å². The van der Waals surface area contributed by atoms with Crippen LogP contribution in [0.2, 0.25) is 0 Å². The van der Waals surface area contributed by atoms with Gasteiger partial charge >= 0.3 is 30.2 Å². The molecule has 0 saturated carbocycles. The van der Waals surface area contributed by atoms with Crippen molar-refractivity contribution in [2.75, 3.05) is 59.6 Å². The van der Waals surface area contributed by atoms with Gasteiger partial charge in [-0.05, 0) is 362 Å². The van der Waals surface area contributed by atoms with E-state index in [-0.39, 0.29) is 62.3 Å². The van der Waals surface area contributed by atoms with Crippen LogP contribution in [0.5, 0.6) is 0 Å². The van der Waals surface area contributed by atoms with Crippen molar-refractivity contribution in [1.82, 2.24) is 72.5 Å². The van der Waals surface area contributed by atoms with Crippen LogP contribution in [0.1, 0.15) is 222 Å². The molecule has 143 heavy (non-hydrogen) atoms. The minimum atomic E-state index is -4.12. The van der Waals surface area contributed by atoms with Crippen molar-refractivity contribution in [3.63, 3.8) is 0 Å². The molecule has 40 nitrogen and oxygen atoms in total. The molecule has 2 fully saturated rings. The fraction of sp³-hybridized carbons (Fsp3) is 0.490. The maximum absolute atomic E-state index is 12.7. The van der Waals surface area contributed by atoms with Crippen LogP contribution < -0.4 is 50.2 Å². The topological polar surface area (TPSA) is 545 Å². The average molecular weight is 2060 g/mol. The highest BCUT2D eigenvalue weighted by atomic mass is 32.2. The Morgan fingerprint density at radius 2 is 0.636 bits per heavy atom. The maximum atomic E-state index is 12.7. The van der Waals surface area contributed by atoms with Gasteiger partial charge in [-0.1, -0.05) is 37.3 Å². The minimum Gasteiger partial charge on any atom is -0.394 e. The number of nitrogens with zero attached hydrogens (tertiary/aromatic N) is 10. The monoisotopic (exact) mass is 2060 g/mol. The molecule has 2 saturated heterocycles. The standard InChI is InChI=1S/C21H26N4O4S.C20H26N4O4S.C19H22N4O4S.2C19H24N4O4S/c1-21(12-29-13-21)11-25-9-8-18(23-25)30(27,28)24-20(26)22-19-16-6-2-4-14(16)10-15-5-3-7-17(15)19;1-20(2,26)12-24-10-9-17(22-24)29(27,28)23-19(25)21-18-15-7-3-5-13(15)11-14-6-4-8-16(14)18;24-19(22-28(25,26)17-7-8-23(21-17)14-10-27-11-14)20-18-15-5-1-3-12(15)9-13-4-2-6-16(13)18;1-12(11-24)23-9-8-17(21-23)28(26,27)22-19(25)20-18-15-6-2-4-13(15)10-14-5-3-7-16(14)18;1-12(24)11-23-9-8-17(21-23)28(26,27)22-19(25)20-18-15-6-2-4-13(15)10-14-5-3-7-16(14)18/h8-10H,2-7,11-13H2,1H3,(H2,22,24,26);9-11,26H,3-8,12H2,1-2H3,(H2,21,23,25);7-9,14H,1-6,10-11H2,(H2,20,22,24);2*8-10,12,24H,2-7,11H2,1H3,(H2,20,22,25)/t;;;2*12-/m...10/s1. The molecule has 2 aliphatic heterocycles. The first-order chi connectivity index (χ1) is 68.2. The van der Waals surface area contributed by atoms with Crippen molar-refractivity contribution in [2.45, 2.75) is 296 Å². The van der Waals surface area contributed by atoms with Crippen LogP contribution >= 0.6 is 0 Å². The van der Waals surface area contributed by atoms with Gasteiger partial charge in [-0.15, -0.1) is 0 Å². The maximum Gasteiger partial charge on any atom is 0.333 e. The molecule has 10 aliphatic carbocycles. The fourth-order valence-corrected chi connectivity index (χ4v) is 25.8. The average Bonchev–Trinajstić information content (AvgIpc) is 1.64. The van der Waals surface area contributed by atoms with E-state index >= 15 is 0 Å². The van der Waals surface area contributed by atoms with Gasteiger partial charge in [-0.3, -0.25) is 23.4 Å². The van der Waals surface area contributed by atoms with E-state index < -0.39 is 92.0 Å². The molecule has 764 valence electrons. The SMILES string of the molecule is CC(C)(O)Cn1ccc(S(=O)(=O)NC(=O)Nc2c3c(cc4c2CCC4)CCC3)n1.CC1(Cn2ccc(S(=O)(=O)NC(=O)Nc3c4c(cc5c3CCC5)CCC4)n2)COC1.C[C@H](CO)n1ccc(S(=O)(=O)NC(=O)Nc2c3c(cc4c2CCC4)CCC3)n1.C[C@H](O)Cn1ccc(S(=O)(=O)NC(=O)Nc2c3c(cc4c2CCC4)CCC3)n1.O=C(Nc1c2c(cc3c1CCC3)CCC2)NS(=O)(=O)c1ccn(C2COC2)n1. The molecule has 10 aromatic rings. The number of carbonyl (C=O) groups is 5. The van der Waals surface area contributed by atoms with E-state index in [1.54, 1.807) is 49.5 Å². The van der Waals surface area contributed by atoms with Crippen LogP contribution in [0.15, 0.2) is 117 Å². The van der Waals surface area contributed by atoms with Gasteiger partial charge < -0.3 is 51.4 Å². The minimum absolute atomic E-state index is 0.0358. The van der Waals surface area contributed by atoms with E-state index in [1.165, 1.54) is 119 Å². The number of hydrogen-bond acceptors (Lipinski definition) is 25. The molecule has 0 spiro atoms. The zero-order chi connectivity index (χ0) is 101. The molecular weight excluding hydrogens is 1940 g/mol. The number of amides is 10. The molecule has 5 aromatic carbocycles.